The molecule has 5 unspecified atom stereocenters. The number of allylic oxidation sites excluding steroid dienone is 1. The zero-order chi connectivity index (χ0) is 16.0. The molecule has 2 heterocycles. The van der Waals surface area contributed by atoms with E-state index in [1.807, 2.05) is 11.8 Å². The fourth-order valence-electron chi connectivity index (χ4n) is 5.32. The molecule has 0 spiro atoms. The molecule has 0 aromatic rings. The predicted molar refractivity (Wildman–Crippen MR) is 94.4 cm³/mol. The number of ether oxygens (including phenoxy) is 1. The summed E-state index contributed by atoms with van der Waals surface area (Å²) in [4.78, 5) is 15.0. The highest BCUT2D eigenvalue weighted by atomic mass is 32.2. The maximum absolute atomic E-state index is 12.5. The van der Waals surface area contributed by atoms with Crippen molar-refractivity contribution in [2.75, 3.05) is 31.1 Å². The van der Waals surface area contributed by atoms with Gasteiger partial charge in [-0.15, -0.1) is 0 Å². The summed E-state index contributed by atoms with van der Waals surface area (Å²) in [6.07, 6.45) is 7.54. The van der Waals surface area contributed by atoms with Gasteiger partial charge in [-0.2, -0.15) is 11.8 Å². The highest BCUT2D eigenvalue weighted by Crippen LogP contribution is 2.53. The molecule has 4 rings (SSSR count). The molecule has 0 amide bonds. The number of fused-ring (bicyclic) bond motifs is 2. The van der Waals surface area contributed by atoms with Gasteiger partial charge in [0.25, 0.3) is 0 Å². The quantitative estimate of drug-likeness (QED) is 0.572. The first-order valence-corrected chi connectivity index (χ1v) is 10.4. The lowest BCUT2D eigenvalue weighted by atomic mass is 9.59. The zero-order valence-corrected chi connectivity index (χ0v) is 15.2. The van der Waals surface area contributed by atoms with Crippen LogP contribution in [-0.4, -0.2) is 48.1 Å². The van der Waals surface area contributed by atoms with Crippen molar-refractivity contribution in [3.05, 3.63) is 11.6 Å². The van der Waals surface area contributed by atoms with Crippen LogP contribution >= 0.6 is 11.8 Å². The van der Waals surface area contributed by atoms with E-state index in [-0.39, 0.29) is 23.4 Å². The first-order chi connectivity index (χ1) is 11.1. The van der Waals surface area contributed by atoms with E-state index in [1.165, 1.54) is 30.8 Å². The molecule has 23 heavy (non-hydrogen) atoms. The summed E-state index contributed by atoms with van der Waals surface area (Å²) in [5, 5.41) is 0. The third-order valence-electron chi connectivity index (χ3n) is 6.64. The van der Waals surface area contributed by atoms with E-state index < -0.39 is 0 Å². The average Bonchev–Trinajstić information content (AvgIpc) is 2.81. The molecule has 0 aromatic heterocycles. The Hall–Kier alpha value is -0.480. The van der Waals surface area contributed by atoms with Crippen LogP contribution in [0.1, 0.15) is 39.5 Å². The van der Waals surface area contributed by atoms with Gasteiger partial charge in [0.15, 0.2) is 0 Å². The van der Waals surface area contributed by atoms with Crippen molar-refractivity contribution < 1.29 is 9.53 Å². The Morgan fingerprint density at radius 3 is 2.96 bits per heavy atom. The van der Waals surface area contributed by atoms with Crippen LogP contribution in [0.2, 0.25) is 0 Å². The number of carbonyl (C=O) groups excluding carboxylic acids is 1. The molecule has 4 aliphatic rings. The summed E-state index contributed by atoms with van der Waals surface area (Å²) in [7, 11) is 0. The number of hydrogen-bond acceptors (Lipinski definition) is 4. The van der Waals surface area contributed by atoms with Gasteiger partial charge in [0, 0.05) is 37.1 Å². The molecule has 0 aromatic carbocycles. The molecule has 4 heteroatoms. The number of thioether (sulfide) groups is 1. The number of esters is 1. The highest BCUT2D eigenvalue weighted by Gasteiger charge is 2.51. The Morgan fingerprint density at radius 1 is 1.39 bits per heavy atom. The second kappa shape index (κ2) is 6.11. The van der Waals surface area contributed by atoms with Crippen LogP contribution in [0.25, 0.3) is 0 Å². The SMILES string of the molecule is CC1CCCC2(C)CC3OC(=O)C(CN4CCSCC4)C3C=C12. The molecule has 2 aliphatic heterocycles. The van der Waals surface area contributed by atoms with Crippen molar-refractivity contribution in [1.82, 2.24) is 4.90 Å². The van der Waals surface area contributed by atoms with E-state index in [4.69, 9.17) is 4.74 Å². The normalized spacial score (nSPS) is 44.3. The molecule has 128 valence electrons. The molecule has 5 atom stereocenters. The van der Waals surface area contributed by atoms with Crippen LogP contribution in [0.15, 0.2) is 11.6 Å². The summed E-state index contributed by atoms with van der Waals surface area (Å²) < 4.78 is 5.85. The molecule has 2 saturated heterocycles. The number of rotatable bonds is 2. The van der Waals surface area contributed by atoms with E-state index in [2.05, 4.69) is 24.8 Å². The minimum atomic E-state index is 0.0602. The van der Waals surface area contributed by atoms with Crippen LogP contribution in [0.5, 0.6) is 0 Å². The standard InChI is InChI=1S/C19H29NO2S/c1-13-4-3-5-19(2)11-17-14(10-16(13)19)15(18(21)22-17)12-20-6-8-23-9-7-20/h10,13-15,17H,3-9,11-12H2,1-2H3. The summed E-state index contributed by atoms with van der Waals surface area (Å²) in [6.45, 7) is 7.91. The molecule has 0 N–H and O–H groups in total. The number of carbonyl (C=O) groups is 1. The minimum absolute atomic E-state index is 0.0602. The highest BCUT2D eigenvalue weighted by molar-refractivity contribution is 7.99. The Kier molecular flexibility index (Phi) is 4.25. The lowest BCUT2D eigenvalue weighted by molar-refractivity contribution is -0.145. The smallest absolute Gasteiger partial charge is 0.311 e. The minimum Gasteiger partial charge on any atom is -0.461 e. The summed E-state index contributed by atoms with van der Waals surface area (Å²) in [5.74, 6) is 3.52. The predicted octanol–water partition coefficient (Wildman–Crippen LogP) is 3.35. The lowest BCUT2D eigenvalue weighted by Gasteiger charge is -2.46. The topological polar surface area (TPSA) is 29.5 Å². The van der Waals surface area contributed by atoms with Crippen LogP contribution in [0.3, 0.4) is 0 Å². The van der Waals surface area contributed by atoms with E-state index in [1.54, 1.807) is 5.57 Å². The summed E-state index contributed by atoms with van der Waals surface area (Å²) in [6, 6.07) is 0. The monoisotopic (exact) mass is 335 g/mol. The number of hydrogen-bond donors (Lipinski definition) is 0. The zero-order valence-electron chi connectivity index (χ0n) is 14.4. The third-order valence-corrected chi connectivity index (χ3v) is 7.58. The van der Waals surface area contributed by atoms with Gasteiger partial charge >= 0.3 is 5.97 Å². The Labute approximate surface area is 144 Å². The van der Waals surface area contributed by atoms with Gasteiger partial charge in [0.05, 0.1) is 5.92 Å². The Bertz CT molecular complexity index is 513. The largest absolute Gasteiger partial charge is 0.461 e. The molecule has 0 radical (unpaired) electrons. The van der Waals surface area contributed by atoms with Crippen molar-refractivity contribution in [2.24, 2.45) is 23.2 Å². The van der Waals surface area contributed by atoms with Crippen LogP contribution in [0, 0.1) is 23.2 Å². The Morgan fingerprint density at radius 2 is 2.17 bits per heavy atom. The van der Waals surface area contributed by atoms with E-state index in [0.29, 0.717) is 11.8 Å². The van der Waals surface area contributed by atoms with E-state index in [0.717, 1.165) is 26.1 Å². The molecule has 0 bridgehead atoms. The lowest BCUT2D eigenvalue weighted by Crippen LogP contribution is -2.42. The van der Waals surface area contributed by atoms with E-state index >= 15 is 0 Å². The van der Waals surface area contributed by atoms with Gasteiger partial charge in [-0.25, -0.2) is 0 Å². The van der Waals surface area contributed by atoms with Crippen LogP contribution in [0.4, 0.5) is 0 Å². The maximum atomic E-state index is 12.5. The van der Waals surface area contributed by atoms with Crippen molar-refractivity contribution >= 4 is 17.7 Å². The van der Waals surface area contributed by atoms with Gasteiger partial charge in [-0.1, -0.05) is 31.9 Å². The van der Waals surface area contributed by atoms with Gasteiger partial charge in [-0.05, 0) is 30.6 Å². The first kappa shape index (κ1) is 16.0. The van der Waals surface area contributed by atoms with Crippen LogP contribution < -0.4 is 0 Å². The van der Waals surface area contributed by atoms with Gasteiger partial charge in [-0.3, -0.25) is 4.79 Å². The van der Waals surface area contributed by atoms with Gasteiger partial charge in [0.2, 0.25) is 0 Å². The van der Waals surface area contributed by atoms with E-state index in [9.17, 15) is 4.79 Å². The summed E-state index contributed by atoms with van der Waals surface area (Å²) >= 11 is 2.02. The Balaban J connectivity index is 1.56. The average molecular weight is 336 g/mol. The molecule has 2 aliphatic carbocycles. The number of nitrogens with zero attached hydrogens (tertiary/aromatic N) is 1. The third kappa shape index (κ3) is 2.86. The van der Waals surface area contributed by atoms with Crippen molar-refractivity contribution in [3.8, 4) is 0 Å². The molecule has 3 fully saturated rings. The van der Waals surface area contributed by atoms with Crippen LogP contribution in [-0.2, 0) is 9.53 Å². The fraction of sp³-hybridized carbons (Fsp3) is 0.842. The van der Waals surface area contributed by atoms with Crippen molar-refractivity contribution in [3.63, 3.8) is 0 Å². The maximum Gasteiger partial charge on any atom is 0.311 e. The van der Waals surface area contributed by atoms with Gasteiger partial charge < -0.3 is 9.64 Å². The molecular weight excluding hydrogens is 306 g/mol. The first-order valence-electron chi connectivity index (χ1n) is 9.30. The fourth-order valence-corrected chi connectivity index (χ4v) is 6.30. The van der Waals surface area contributed by atoms with Crippen molar-refractivity contribution in [2.45, 2.75) is 45.6 Å². The molecule has 3 nitrogen and oxygen atoms in total. The second-order valence-electron chi connectivity index (χ2n) is 8.25. The van der Waals surface area contributed by atoms with Crippen molar-refractivity contribution in [1.29, 1.82) is 0 Å². The molecular formula is C19H29NO2S. The van der Waals surface area contributed by atoms with Gasteiger partial charge in [0.1, 0.15) is 6.10 Å². The molecule has 1 saturated carbocycles. The summed E-state index contributed by atoms with van der Waals surface area (Å²) in [5.41, 5.74) is 1.90. The second-order valence-corrected chi connectivity index (χ2v) is 9.48.